The molecule has 0 aliphatic heterocycles. The van der Waals surface area contributed by atoms with Gasteiger partial charge in [-0.2, -0.15) is 0 Å². The number of hydrogen-bond donors (Lipinski definition) is 1. The molecule has 3 aromatic carbocycles. The Hall–Kier alpha value is -4.26. The number of aromatic nitrogens is 4. The minimum Gasteiger partial charge on any atom is -0.345 e. The van der Waals surface area contributed by atoms with Gasteiger partial charge in [0.05, 0.1) is 34.2 Å². The first-order chi connectivity index (χ1) is 15.7. The Bertz CT molecular complexity index is 1500. The van der Waals surface area contributed by atoms with E-state index in [-0.39, 0.29) is 11.5 Å². The highest BCUT2D eigenvalue weighted by Crippen LogP contribution is 2.16. The topological polar surface area (TPSA) is 81.8 Å². The average Bonchev–Trinajstić information content (AvgIpc) is 3.20. The van der Waals surface area contributed by atoms with E-state index in [0.29, 0.717) is 28.7 Å². The maximum Gasteiger partial charge on any atom is 0.265 e. The number of carbonyl (C=O) groups excluding carboxylic acids is 1. The van der Waals surface area contributed by atoms with Crippen LogP contribution in [0.25, 0.3) is 27.6 Å². The van der Waals surface area contributed by atoms with Gasteiger partial charge in [0, 0.05) is 12.1 Å². The zero-order valence-electron chi connectivity index (χ0n) is 17.5. The number of rotatable bonds is 5. The van der Waals surface area contributed by atoms with Gasteiger partial charge in [-0.3, -0.25) is 14.2 Å². The number of benzene rings is 3. The van der Waals surface area contributed by atoms with E-state index >= 15 is 0 Å². The van der Waals surface area contributed by atoms with Crippen LogP contribution in [0.3, 0.4) is 0 Å². The lowest BCUT2D eigenvalue weighted by atomic mass is 10.2. The van der Waals surface area contributed by atoms with Crippen LogP contribution in [0, 0.1) is 0 Å². The molecule has 7 heteroatoms. The summed E-state index contributed by atoms with van der Waals surface area (Å²) in [5.74, 6) is 0.614. The summed E-state index contributed by atoms with van der Waals surface area (Å²) < 4.78 is 3.57. The molecule has 2 heterocycles. The molecule has 7 nitrogen and oxygen atoms in total. The molecular formula is C25H21N5O2. The summed E-state index contributed by atoms with van der Waals surface area (Å²) in [6.07, 6.45) is 1.51. The Kier molecular flexibility index (Phi) is 4.99. The van der Waals surface area contributed by atoms with Crippen LogP contribution in [-0.2, 0) is 13.1 Å². The Labute approximate surface area is 184 Å². The molecular weight excluding hydrogens is 402 g/mol. The van der Waals surface area contributed by atoms with Crippen molar-refractivity contribution >= 4 is 27.8 Å². The number of nitrogens with one attached hydrogen (secondary N) is 1. The minimum atomic E-state index is -0.199. The lowest BCUT2D eigenvalue weighted by Crippen LogP contribution is -2.25. The monoisotopic (exact) mass is 423 g/mol. The molecule has 5 rings (SSSR count). The molecule has 158 valence electrons. The minimum absolute atomic E-state index is 0.147. The third-order valence-corrected chi connectivity index (χ3v) is 5.53. The van der Waals surface area contributed by atoms with Gasteiger partial charge in [0.1, 0.15) is 12.2 Å². The molecule has 0 saturated heterocycles. The maximum atomic E-state index is 12.8. The number of imidazole rings is 1. The van der Waals surface area contributed by atoms with Crippen LogP contribution >= 0.6 is 0 Å². The summed E-state index contributed by atoms with van der Waals surface area (Å²) in [5.41, 5.74) is 3.64. The van der Waals surface area contributed by atoms with Crippen LogP contribution in [0.5, 0.6) is 0 Å². The predicted molar refractivity (Wildman–Crippen MR) is 124 cm³/mol. The fraction of sp³-hybridized carbons (Fsp3) is 0.120. The molecule has 0 bridgehead atoms. The normalized spacial score (nSPS) is 11.2. The van der Waals surface area contributed by atoms with Gasteiger partial charge in [-0.1, -0.05) is 24.3 Å². The van der Waals surface area contributed by atoms with Gasteiger partial charge in [-0.05, 0) is 55.5 Å². The Morgan fingerprint density at radius 2 is 1.66 bits per heavy atom. The van der Waals surface area contributed by atoms with Crippen molar-refractivity contribution in [2.75, 3.05) is 0 Å². The average molecular weight is 423 g/mol. The standard InChI is InChI=1S/C25H21N5O2/c1-2-29-22-10-6-5-9-21(22)28-23(29)15-26-24(31)17-11-13-18(14-12-17)30-16-27-20-8-4-3-7-19(20)25(30)32/h3-14,16H,2,15H2,1H3,(H,26,31). The van der Waals surface area contributed by atoms with Crippen molar-refractivity contribution in [3.8, 4) is 5.69 Å². The number of para-hydroxylation sites is 3. The molecule has 0 fully saturated rings. The van der Waals surface area contributed by atoms with Crippen LogP contribution in [-0.4, -0.2) is 25.0 Å². The van der Waals surface area contributed by atoms with Crippen molar-refractivity contribution in [2.45, 2.75) is 20.0 Å². The molecule has 1 amide bonds. The largest absolute Gasteiger partial charge is 0.345 e. The van der Waals surface area contributed by atoms with Crippen molar-refractivity contribution < 1.29 is 4.79 Å². The summed E-state index contributed by atoms with van der Waals surface area (Å²) >= 11 is 0. The maximum absolute atomic E-state index is 12.8. The van der Waals surface area contributed by atoms with E-state index in [9.17, 15) is 9.59 Å². The Balaban J connectivity index is 1.35. The number of aryl methyl sites for hydroxylation is 1. The summed E-state index contributed by atoms with van der Waals surface area (Å²) in [7, 11) is 0. The molecule has 0 radical (unpaired) electrons. The first-order valence-electron chi connectivity index (χ1n) is 10.4. The van der Waals surface area contributed by atoms with E-state index in [4.69, 9.17) is 0 Å². The third kappa shape index (κ3) is 3.43. The first kappa shape index (κ1) is 19.7. The summed E-state index contributed by atoms with van der Waals surface area (Å²) in [6, 6.07) is 22.1. The van der Waals surface area contributed by atoms with Gasteiger partial charge in [0.15, 0.2) is 0 Å². The molecule has 2 aromatic heterocycles. The second-order valence-corrected chi connectivity index (χ2v) is 7.43. The molecule has 0 unspecified atom stereocenters. The van der Waals surface area contributed by atoms with Gasteiger partial charge in [-0.25, -0.2) is 9.97 Å². The highest BCUT2D eigenvalue weighted by Gasteiger charge is 2.12. The zero-order valence-corrected chi connectivity index (χ0v) is 17.5. The van der Waals surface area contributed by atoms with Gasteiger partial charge in [-0.15, -0.1) is 0 Å². The fourth-order valence-corrected chi connectivity index (χ4v) is 3.90. The van der Waals surface area contributed by atoms with Crippen LogP contribution in [0.15, 0.2) is 83.9 Å². The molecule has 0 atom stereocenters. The molecule has 0 spiro atoms. The molecule has 0 aliphatic carbocycles. The van der Waals surface area contributed by atoms with Crippen LogP contribution < -0.4 is 10.9 Å². The quantitative estimate of drug-likeness (QED) is 0.468. The van der Waals surface area contributed by atoms with E-state index in [0.717, 1.165) is 23.4 Å². The second-order valence-electron chi connectivity index (χ2n) is 7.43. The highest BCUT2D eigenvalue weighted by molar-refractivity contribution is 5.94. The SMILES string of the molecule is CCn1c(CNC(=O)c2ccc(-n3cnc4ccccc4c3=O)cc2)nc2ccccc21. The molecule has 32 heavy (non-hydrogen) atoms. The number of hydrogen-bond acceptors (Lipinski definition) is 4. The first-order valence-corrected chi connectivity index (χ1v) is 10.4. The van der Waals surface area contributed by atoms with Gasteiger partial charge >= 0.3 is 0 Å². The molecule has 1 N–H and O–H groups in total. The van der Waals surface area contributed by atoms with Crippen molar-refractivity contribution in [3.05, 3.63) is 101 Å². The molecule has 0 aliphatic rings. The highest BCUT2D eigenvalue weighted by atomic mass is 16.1. The van der Waals surface area contributed by atoms with Gasteiger partial charge < -0.3 is 9.88 Å². The predicted octanol–water partition coefficient (Wildman–Crippen LogP) is 3.69. The van der Waals surface area contributed by atoms with Crippen LogP contribution in [0.4, 0.5) is 0 Å². The fourth-order valence-electron chi connectivity index (χ4n) is 3.90. The van der Waals surface area contributed by atoms with Crippen LogP contribution in [0.1, 0.15) is 23.1 Å². The summed E-state index contributed by atoms with van der Waals surface area (Å²) in [6.45, 7) is 3.16. The number of fused-ring (bicyclic) bond motifs is 2. The summed E-state index contributed by atoms with van der Waals surface area (Å²) in [5, 5.41) is 3.49. The third-order valence-electron chi connectivity index (χ3n) is 5.53. The van der Waals surface area contributed by atoms with Gasteiger partial charge in [0.25, 0.3) is 11.5 Å². The molecule has 0 saturated carbocycles. The molecule has 5 aromatic rings. The number of carbonyl (C=O) groups is 1. The van der Waals surface area contributed by atoms with Crippen molar-refractivity contribution in [1.29, 1.82) is 0 Å². The van der Waals surface area contributed by atoms with Gasteiger partial charge in [0.2, 0.25) is 0 Å². The lowest BCUT2D eigenvalue weighted by molar-refractivity contribution is 0.0949. The number of nitrogens with zero attached hydrogens (tertiary/aromatic N) is 4. The van der Waals surface area contributed by atoms with Crippen molar-refractivity contribution in [3.63, 3.8) is 0 Å². The van der Waals surface area contributed by atoms with E-state index in [2.05, 4.69) is 26.8 Å². The van der Waals surface area contributed by atoms with Crippen molar-refractivity contribution in [1.82, 2.24) is 24.4 Å². The van der Waals surface area contributed by atoms with E-state index < -0.39 is 0 Å². The van der Waals surface area contributed by atoms with E-state index in [1.54, 1.807) is 36.4 Å². The summed E-state index contributed by atoms with van der Waals surface area (Å²) in [4.78, 5) is 34.5. The van der Waals surface area contributed by atoms with Crippen LogP contribution in [0.2, 0.25) is 0 Å². The van der Waals surface area contributed by atoms with Crippen molar-refractivity contribution in [2.24, 2.45) is 0 Å². The Morgan fingerprint density at radius 1 is 0.938 bits per heavy atom. The number of amides is 1. The Morgan fingerprint density at radius 3 is 2.44 bits per heavy atom. The zero-order chi connectivity index (χ0) is 22.1. The van der Waals surface area contributed by atoms with E-state index in [1.165, 1.54) is 10.9 Å². The second kappa shape index (κ2) is 8.11. The van der Waals surface area contributed by atoms with E-state index in [1.807, 2.05) is 36.4 Å². The lowest BCUT2D eigenvalue weighted by Gasteiger charge is -2.09. The smallest absolute Gasteiger partial charge is 0.265 e.